The lowest BCUT2D eigenvalue weighted by molar-refractivity contribution is -0.122. The van der Waals surface area contributed by atoms with Crippen molar-refractivity contribution in [3.8, 4) is 0 Å². The Bertz CT molecular complexity index is 822. The topological polar surface area (TPSA) is 51.1 Å². The number of nitrogens with one attached hydrogen (secondary N) is 1. The summed E-state index contributed by atoms with van der Waals surface area (Å²) in [5.74, 6) is -0.0178. The van der Waals surface area contributed by atoms with E-state index in [1.165, 1.54) is 6.07 Å². The fraction of sp³-hybridized carbons (Fsp3) is 0.400. The summed E-state index contributed by atoms with van der Waals surface area (Å²) in [4.78, 5) is 25.0. The van der Waals surface area contributed by atoms with Crippen LogP contribution in [0.15, 0.2) is 47.4 Å². The fourth-order valence-electron chi connectivity index (χ4n) is 3.69. The number of aryl methyl sites for hydroxylation is 1. The molecule has 1 fully saturated rings. The van der Waals surface area contributed by atoms with E-state index in [9.17, 15) is 9.59 Å². The van der Waals surface area contributed by atoms with Crippen molar-refractivity contribution in [3.05, 3.63) is 63.5 Å². The molecule has 1 aromatic carbocycles. The number of pyridine rings is 1. The van der Waals surface area contributed by atoms with Gasteiger partial charge in [0.25, 0.3) is 5.56 Å². The predicted molar refractivity (Wildman–Crippen MR) is 101 cm³/mol. The van der Waals surface area contributed by atoms with E-state index < -0.39 is 5.41 Å². The van der Waals surface area contributed by atoms with E-state index in [-0.39, 0.29) is 11.5 Å². The molecule has 0 bridgehead atoms. The molecule has 0 aliphatic heterocycles. The van der Waals surface area contributed by atoms with Gasteiger partial charge in [-0.3, -0.25) is 9.59 Å². The summed E-state index contributed by atoms with van der Waals surface area (Å²) in [6, 6.07) is 10.8. The quantitative estimate of drug-likeness (QED) is 0.882. The maximum absolute atomic E-state index is 13.2. The largest absolute Gasteiger partial charge is 0.324 e. The summed E-state index contributed by atoms with van der Waals surface area (Å²) >= 11 is 6.18. The number of rotatable bonds is 4. The van der Waals surface area contributed by atoms with E-state index >= 15 is 0 Å². The molecule has 3 rings (SSSR count). The molecule has 1 saturated carbocycles. The number of hydrogen-bond acceptors (Lipinski definition) is 2. The van der Waals surface area contributed by atoms with Crippen molar-refractivity contribution < 1.29 is 4.79 Å². The second-order valence-electron chi connectivity index (χ2n) is 6.65. The summed E-state index contributed by atoms with van der Waals surface area (Å²) in [5.41, 5.74) is 0.998. The number of aromatic nitrogens is 1. The van der Waals surface area contributed by atoms with Crippen LogP contribution in [0.1, 0.15) is 44.6 Å². The van der Waals surface area contributed by atoms with Gasteiger partial charge in [0, 0.05) is 23.8 Å². The van der Waals surface area contributed by atoms with E-state index in [2.05, 4.69) is 5.32 Å². The summed E-state index contributed by atoms with van der Waals surface area (Å²) in [6.07, 6.45) is 6.52. The number of benzene rings is 1. The Morgan fingerprint density at radius 1 is 1.20 bits per heavy atom. The SMILES string of the molecule is CCn1cc(NC(=O)C2(c3cccc(Cl)c3)CCCCC2)ccc1=O. The maximum atomic E-state index is 13.2. The molecule has 0 radical (unpaired) electrons. The number of amides is 1. The van der Waals surface area contributed by atoms with Gasteiger partial charge in [0.05, 0.1) is 11.1 Å². The summed E-state index contributed by atoms with van der Waals surface area (Å²) in [5, 5.41) is 3.68. The number of anilines is 1. The highest BCUT2D eigenvalue weighted by molar-refractivity contribution is 6.30. The van der Waals surface area contributed by atoms with Crippen molar-refractivity contribution in [1.29, 1.82) is 0 Å². The minimum absolute atomic E-state index is 0.0178. The second kappa shape index (κ2) is 7.44. The molecule has 1 N–H and O–H groups in total. The molecule has 0 atom stereocenters. The van der Waals surface area contributed by atoms with Gasteiger partial charge in [-0.2, -0.15) is 0 Å². The highest BCUT2D eigenvalue weighted by atomic mass is 35.5. The van der Waals surface area contributed by atoms with Crippen LogP contribution >= 0.6 is 11.6 Å². The Labute approximate surface area is 152 Å². The fourth-order valence-corrected chi connectivity index (χ4v) is 3.88. The lowest BCUT2D eigenvalue weighted by Gasteiger charge is -2.36. The molecule has 25 heavy (non-hydrogen) atoms. The summed E-state index contributed by atoms with van der Waals surface area (Å²) < 4.78 is 1.59. The molecule has 1 aliphatic carbocycles. The van der Waals surface area contributed by atoms with Crippen LogP contribution in [0.3, 0.4) is 0 Å². The Morgan fingerprint density at radius 2 is 1.96 bits per heavy atom. The lowest BCUT2D eigenvalue weighted by Crippen LogP contribution is -2.42. The minimum Gasteiger partial charge on any atom is -0.324 e. The smallest absolute Gasteiger partial charge is 0.250 e. The normalized spacial score (nSPS) is 16.4. The van der Waals surface area contributed by atoms with Crippen LogP contribution < -0.4 is 10.9 Å². The van der Waals surface area contributed by atoms with E-state index in [0.717, 1.165) is 37.7 Å². The van der Waals surface area contributed by atoms with Gasteiger partial charge < -0.3 is 9.88 Å². The van der Waals surface area contributed by atoms with Crippen molar-refractivity contribution in [1.82, 2.24) is 4.57 Å². The third kappa shape index (κ3) is 3.64. The molecule has 1 heterocycles. The monoisotopic (exact) mass is 358 g/mol. The van der Waals surface area contributed by atoms with Crippen LogP contribution in [0.25, 0.3) is 0 Å². The third-order valence-electron chi connectivity index (χ3n) is 5.10. The molecule has 1 aromatic heterocycles. The molecule has 5 heteroatoms. The standard InChI is InChI=1S/C20H23ClN2O2/c1-2-23-14-17(9-10-18(23)24)22-19(25)20(11-4-3-5-12-20)15-7-6-8-16(21)13-15/h6-10,13-14H,2-5,11-12H2,1H3,(H,22,25). The average Bonchev–Trinajstić information content (AvgIpc) is 2.63. The van der Waals surface area contributed by atoms with Gasteiger partial charge in [-0.1, -0.05) is 43.0 Å². The summed E-state index contributed by atoms with van der Waals surface area (Å²) in [7, 11) is 0. The molecular formula is C20H23ClN2O2. The van der Waals surface area contributed by atoms with Gasteiger partial charge in [-0.15, -0.1) is 0 Å². The highest BCUT2D eigenvalue weighted by Gasteiger charge is 2.41. The van der Waals surface area contributed by atoms with Crippen LogP contribution in [0, 0.1) is 0 Å². The Hall–Kier alpha value is -2.07. The van der Waals surface area contributed by atoms with E-state index in [4.69, 9.17) is 11.6 Å². The van der Waals surface area contributed by atoms with E-state index in [0.29, 0.717) is 17.3 Å². The first-order valence-corrected chi connectivity index (χ1v) is 9.21. The Balaban J connectivity index is 1.94. The van der Waals surface area contributed by atoms with Crippen molar-refractivity contribution in [3.63, 3.8) is 0 Å². The first-order chi connectivity index (χ1) is 12.0. The van der Waals surface area contributed by atoms with Gasteiger partial charge in [0.15, 0.2) is 0 Å². The molecule has 132 valence electrons. The van der Waals surface area contributed by atoms with Crippen molar-refractivity contribution >= 4 is 23.2 Å². The predicted octanol–water partition coefficient (Wildman–Crippen LogP) is 4.36. The van der Waals surface area contributed by atoms with E-state index in [1.807, 2.05) is 31.2 Å². The van der Waals surface area contributed by atoms with Crippen LogP contribution in [-0.2, 0) is 16.8 Å². The zero-order valence-corrected chi connectivity index (χ0v) is 15.2. The Kier molecular flexibility index (Phi) is 5.28. The molecule has 0 spiro atoms. The zero-order chi connectivity index (χ0) is 17.9. The van der Waals surface area contributed by atoms with Gasteiger partial charge in [0.1, 0.15) is 0 Å². The minimum atomic E-state index is -0.559. The van der Waals surface area contributed by atoms with Gasteiger partial charge in [0.2, 0.25) is 5.91 Å². The van der Waals surface area contributed by atoms with Crippen LogP contribution in [0.4, 0.5) is 5.69 Å². The molecular weight excluding hydrogens is 336 g/mol. The molecule has 4 nitrogen and oxygen atoms in total. The third-order valence-corrected chi connectivity index (χ3v) is 5.34. The first kappa shape index (κ1) is 17.7. The highest BCUT2D eigenvalue weighted by Crippen LogP contribution is 2.41. The molecule has 0 saturated heterocycles. The van der Waals surface area contributed by atoms with Crippen molar-refractivity contribution in [2.45, 2.75) is 51.0 Å². The number of halogens is 1. The van der Waals surface area contributed by atoms with Crippen LogP contribution in [0.5, 0.6) is 0 Å². The average molecular weight is 359 g/mol. The van der Waals surface area contributed by atoms with Crippen molar-refractivity contribution in [2.75, 3.05) is 5.32 Å². The molecule has 1 aliphatic rings. The van der Waals surface area contributed by atoms with Crippen LogP contribution in [0.2, 0.25) is 5.02 Å². The van der Waals surface area contributed by atoms with E-state index in [1.54, 1.807) is 16.8 Å². The van der Waals surface area contributed by atoms with Gasteiger partial charge in [-0.25, -0.2) is 0 Å². The zero-order valence-electron chi connectivity index (χ0n) is 14.4. The second-order valence-corrected chi connectivity index (χ2v) is 7.09. The van der Waals surface area contributed by atoms with Crippen molar-refractivity contribution in [2.24, 2.45) is 0 Å². The number of carbonyl (C=O) groups is 1. The number of hydrogen-bond donors (Lipinski definition) is 1. The molecule has 0 unspecified atom stereocenters. The summed E-state index contributed by atoms with van der Waals surface area (Å²) in [6.45, 7) is 2.48. The lowest BCUT2D eigenvalue weighted by atomic mass is 9.68. The van der Waals surface area contributed by atoms with Gasteiger partial charge >= 0.3 is 0 Å². The Morgan fingerprint density at radius 3 is 2.64 bits per heavy atom. The molecule has 1 amide bonds. The number of carbonyl (C=O) groups excluding carboxylic acids is 1. The van der Waals surface area contributed by atoms with Gasteiger partial charge in [-0.05, 0) is 43.5 Å². The molecule has 2 aromatic rings. The number of nitrogens with zero attached hydrogens (tertiary/aromatic N) is 1. The maximum Gasteiger partial charge on any atom is 0.250 e. The first-order valence-electron chi connectivity index (χ1n) is 8.83. The van der Waals surface area contributed by atoms with Crippen LogP contribution in [-0.4, -0.2) is 10.5 Å².